The molecule has 0 bridgehead atoms. The van der Waals surface area contributed by atoms with Gasteiger partial charge in [-0.1, -0.05) is 17.7 Å². The first-order valence-corrected chi connectivity index (χ1v) is 8.56. The van der Waals surface area contributed by atoms with Gasteiger partial charge >= 0.3 is 0 Å². The van der Waals surface area contributed by atoms with Gasteiger partial charge in [0.25, 0.3) is 16.0 Å². The van der Waals surface area contributed by atoms with Crippen LogP contribution in [0.15, 0.2) is 65.2 Å². The molecule has 0 aliphatic heterocycles. The lowest BCUT2D eigenvalue weighted by Crippen LogP contribution is -2.14. The van der Waals surface area contributed by atoms with Gasteiger partial charge in [0.2, 0.25) is 0 Å². The number of nitriles is 1. The van der Waals surface area contributed by atoms with Crippen molar-refractivity contribution in [1.29, 1.82) is 5.26 Å². The Morgan fingerprint density at radius 2 is 1.64 bits per heavy atom. The van der Waals surface area contributed by atoms with E-state index in [-0.39, 0.29) is 16.2 Å². The van der Waals surface area contributed by atoms with E-state index in [1.807, 2.05) is 31.2 Å². The third-order valence-corrected chi connectivity index (χ3v) is 4.08. The van der Waals surface area contributed by atoms with Crippen molar-refractivity contribution in [2.45, 2.75) is 11.8 Å². The Labute approximate surface area is 145 Å². The highest BCUT2D eigenvalue weighted by Gasteiger charge is 2.12. The van der Waals surface area contributed by atoms with Crippen molar-refractivity contribution in [3.63, 3.8) is 0 Å². The summed E-state index contributed by atoms with van der Waals surface area (Å²) in [4.78, 5) is 11.8. The molecule has 0 aliphatic rings. The zero-order chi connectivity index (χ0) is 18.4. The molecule has 0 saturated carbocycles. The fraction of sp³-hybridized carbons (Fsp3) is 0.0588. The maximum absolute atomic E-state index is 12.1. The summed E-state index contributed by atoms with van der Waals surface area (Å²) < 4.78 is 30.8. The van der Waals surface area contributed by atoms with E-state index >= 15 is 0 Å². The molecule has 128 valence electrons. The fourth-order valence-corrected chi connectivity index (χ4v) is 2.34. The second-order valence-corrected chi connectivity index (χ2v) is 6.56. The number of hydrogen-bond acceptors (Lipinski definition) is 5. The molecular formula is C17H15N3O4S. The van der Waals surface area contributed by atoms with Crippen LogP contribution < -0.4 is 10.6 Å². The van der Waals surface area contributed by atoms with E-state index < -0.39 is 16.0 Å². The Balaban J connectivity index is 2.08. The molecule has 0 radical (unpaired) electrons. The van der Waals surface area contributed by atoms with E-state index in [2.05, 4.69) is 10.6 Å². The second-order valence-electron chi connectivity index (χ2n) is 5.13. The SMILES string of the molecule is Cc1ccc(N/C=C(/C#N)C(=O)Nc2ccc(S(=O)(=O)O)cc2)cc1. The predicted octanol–water partition coefficient (Wildman–Crippen LogP) is 2.70. The third kappa shape index (κ3) is 5.17. The first kappa shape index (κ1) is 18.2. The summed E-state index contributed by atoms with van der Waals surface area (Å²) in [7, 11) is -4.30. The van der Waals surface area contributed by atoms with E-state index in [9.17, 15) is 13.2 Å². The maximum atomic E-state index is 12.1. The van der Waals surface area contributed by atoms with E-state index in [0.29, 0.717) is 0 Å². The number of benzene rings is 2. The van der Waals surface area contributed by atoms with Crippen molar-refractivity contribution >= 4 is 27.4 Å². The first-order chi connectivity index (χ1) is 11.8. The van der Waals surface area contributed by atoms with Crippen LogP contribution in [0.25, 0.3) is 0 Å². The number of carbonyl (C=O) groups excluding carboxylic acids is 1. The van der Waals surface area contributed by atoms with Crippen LogP contribution in [-0.4, -0.2) is 18.9 Å². The van der Waals surface area contributed by atoms with Crippen LogP contribution >= 0.6 is 0 Å². The quantitative estimate of drug-likeness (QED) is 0.430. The molecule has 0 heterocycles. The number of nitrogens with one attached hydrogen (secondary N) is 2. The lowest BCUT2D eigenvalue weighted by Gasteiger charge is -2.06. The molecule has 25 heavy (non-hydrogen) atoms. The molecule has 0 aromatic heterocycles. The van der Waals surface area contributed by atoms with E-state index in [1.54, 1.807) is 6.07 Å². The average Bonchev–Trinajstić information content (AvgIpc) is 2.56. The van der Waals surface area contributed by atoms with Crippen molar-refractivity contribution < 1.29 is 17.8 Å². The highest BCUT2D eigenvalue weighted by molar-refractivity contribution is 7.85. The number of amides is 1. The van der Waals surface area contributed by atoms with Crippen LogP contribution in [0.4, 0.5) is 11.4 Å². The minimum absolute atomic E-state index is 0.153. The number of nitrogens with zero attached hydrogens (tertiary/aromatic N) is 1. The van der Waals surface area contributed by atoms with Gasteiger partial charge in [-0.05, 0) is 43.3 Å². The molecule has 0 unspecified atom stereocenters. The van der Waals surface area contributed by atoms with Gasteiger partial charge in [-0.15, -0.1) is 0 Å². The van der Waals surface area contributed by atoms with Gasteiger partial charge in [-0.3, -0.25) is 9.35 Å². The molecule has 0 atom stereocenters. The zero-order valence-corrected chi connectivity index (χ0v) is 14.0. The number of aryl methyl sites for hydroxylation is 1. The Kier molecular flexibility index (Phi) is 5.54. The van der Waals surface area contributed by atoms with Gasteiger partial charge < -0.3 is 10.6 Å². The monoisotopic (exact) mass is 357 g/mol. The third-order valence-electron chi connectivity index (χ3n) is 3.21. The van der Waals surface area contributed by atoms with Gasteiger partial charge in [0.15, 0.2) is 0 Å². The molecule has 2 aromatic carbocycles. The maximum Gasteiger partial charge on any atom is 0.294 e. The van der Waals surface area contributed by atoms with E-state index in [1.165, 1.54) is 18.3 Å². The number of rotatable bonds is 5. The van der Waals surface area contributed by atoms with Crippen LogP contribution in [0.1, 0.15) is 5.56 Å². The minimum Gasteiger partial charge on any atom is -0.360 e. The van der Waals surface area contributed by atoms with Crippen LogP contribution in [-0.2, 0) is 14.9 Å². The molecule has 0 fully saturated rings. The van der Waals surface area contributed by atoms with Crippen molar-refractivity contribution in [3.8, 4) is 6.07 Å². The molecule has 2 aromatic rings. The fourth-order valence-electron chi connectivity index (χ4n) is 1.86. The van der Waals surface area contributed by atoms with Crippen LogP contribution in [0, 0.1) is 18.3 Å². The highest BCUT2D eigenvalue weighted by atomic mass is 32.2. The molecule has 3 N–H and O–H groups in total. The molecular weight excluding hydrogens is 342 g/mol. The number of anilines is 2. The minimum atomic E-state index is -4.30. The predicted molar refractivity (Wildman–Crippen MR) is 93.4 cm³/mol. The molecule has 1 amide bonds. The van der Waals surface area contributed by atoms with Crippen LogP contribution in [0.2, 0.25) is 0 Å². The van der Waals surface area contributed by atoms with Gasteiger partial charge in [-0.2, -0.15) is 13.7 Å². The van der Waals surface area contributed by atoms with E-state index in [0.717, 1.165) is 23.4 Å². The summed E-state index contributed by atoms with van der Waals surface area (Å²) in [5.41, 5.74) is 1.94. The normalized spacial score (nSPS) is 11.5. The van der Waals surface area contributed by atoms with Crippen molar-refractivity contribution in [3.05, 3.63) is 65.9 Å². The van der Waals surface area contributed by atoms with Crippen LogP contribution in [0.3, 0.4) is 0 Å². The summed E-state index contributed by atoms with van der Waals surface area (Å²) in [5, 5.41) is 14.4. The lowest BCUT2D eigenvalue weighted by molar-refractivity contribution is -0.112. The average molecular weight is 357 g/mol. The summed E-state index contributed by atoms with van der Waals surface area (Å²) in [6, 6.07) is 14.1. The molecule has 8 heteroatoms. The molecule has 0 saturated heterocycles. The Hall–Kier alpha value is -3.15. The molecule has 0 aliphatic carbocycles. The Morgan fingerprint density at radius 1 is 1.08 bits per heavy atom. The van der Waals surface area contributed by atoms with Gasteiger partial charge in [0, 0.05) is 17.6 Å². The molecule has 0 spiro atoms. The molecule has 7 nitrogen and oxygen atoms in total. The second kappa shape index (κ2) is 7.61. The standard InChI is InChI=1S/C17H15N3O4S/c1-12-2-4-14(5-3-12)19-11-13(10-18)17(21)20-15-6-8-16(9-7-15)25(22,23)24/h2-9,11,19H,1H3,(H,20,21)(H,22,23,24)/b13-11-. The summed E-state index contributed by atoms with van der Waals surface area (Å²) in [6.07, 6.45) is 1.28. The Morgan fingerprint density at radius 3 is 2.16 bits per heavy atom. The van der Waals surface area contributed by atoms with Crippen molar-refractivity contribution in [2.75, 3.05) is 10.6 Å². The largest absolute Gasteiger partial charge is 0.360 e. The highest BCUT2D eigenvalue weighted by Crippen LogP contribution is 2.15. The summed E-state index contributed by atoms with van der Waals surface area (Å²) >= 11 is 0. The smallest absolute Gasteiger partial charge is 0.294 e. The van der Waals surface area contributed by atoms with Gasteiger partial charge in [0.05, 0.1) is 4.90 Å². The first-order valence-electron chi connectivity index (χ1n) is 7.12. The summed E-state index contributed by atoms with van der Waals surface area (Å²) in [5.74, 6) is -0.651. The number of carbonyl (C=O) groups is 1. The lowest BCUT2D eigenvalue weighted by atomic mass is 10.2. The molecule has 2 rings (SSSR count). The topological polar surface area (TPSA) is 119 Å². The number of hydrogen-bond donors (Lipinski definition) is 3. The van der Waals surface area contributed by atoms with Crippen molar-refractivity contribution in [2.24, 2.45) is 0 Å². The Bertz CT molecular complexity index is 941. The van der Waals surface area contributed by atoms with Gasteiger partial charge in [0.1, 0.15) is 11.6 Å². The van der Waals surface area contributed by atoms with Gasteiger partial charge in [-0.25, -0.2) is 0 Å². The summed E-state index contributed by atoms with van der Waals surface area (Å²) in [6.45, 7) is 1.95. The zero-order valence-electron chi connectivity index (χ0n) is 13.2. The van der Waals surface area contributed by atoms with Crippen LogP contribution in [0.5, 0.6) is 0 Å². The van der Waals surface area contributed by atoms with Crippen molar-refractivity contribution in [1.82, 2.24) is 0 Å². The van der Waals surface area contributed by atoms with E-state index in [4.69, 9.17) is 9.81 Å².